The number of piperidine rings is 1. The molecule has 2 rings (SSSR count). The van der Waals surface area contributed by atoms with Gasteiger partial charge in [0.1, 0.15) is 0 Å². The summed E-state index contributed by atoms with van der Waals surface area (Å²) in [6.07, 6.45) is 1.95. The van der Waals surface area contributed by atoms with Crippen LogP contribution in [-0.2, 0) is 9.47 Å². The Balaban J connectivity index is 1.95. The topological polar surface area (TPSA) is 64.8 Å². The van der Waals surface area contributed by atoms with Crippen LogP contribution in [0.4, 0.5) is 5.69 Å². The predicted octanol–water partition coefficient (Wildman–Crippen LogP) is 1.62. The maximum Gasteiger partial charge on any atom is 0.248 e. The number of hydrogen-bond donors (Lipinski definition) is 1. The molecule has 0 aliphatic carbocycles. The zero-order valence-corrected chi connectivity index (χ0v) is 12.0. The van der Waals surface area contributed by atoms with Gasteiger partial charge in [0.15, 0.2) is 6.29 Å². The zero-order valence-electron chi connectivity index (χ0n) is 12.0. The molecule has 0 saturated carbocycles. The van der Waals surface area contributed by atoms with Crippen LogP contribution in [0.25, 0.3) is 0 Å². The van der Waals surface area contributed by atoms with E-state index in [1.807, 2.05) is 12.1 Å². The second-order valence-corrected chi connectivity index (χ2v) is 5.08. The van der Waals surface area contributed by atoms with Gasteiger partial charge in [-0.3, -0.25) is 4.79 Å². The zero-order chi connectivity index (χ0) is 14.5. The summed E-state index contributed by atoms with van der Waals surface area (Å²) in [5, 5.41) is 0. The Morgan fingerprint density at radius 2 is 1.75 bits per heavy atom. The molecule has 1 aliphatic rings. The van der Waals surface area contributed by atoms with E-state index in [1.54, 1.807) is 26.4 Å². The molecular formula is C15H22N2O3. The predicted molar refractivity (Wildman–Crippen MR) is 77.7 cm³/mol. The Bertz CT molecular complexity index is 435. The van der Waals surface area contributed by atoms with E-state index in [1.165, 1.54) is 0 Å². The minimum absolute atomic E-state index is 0.116. The van der Waals surface area contributed by atoms with E-state index < -0.39 is 5.91 Å². The molecule has 20 heavy (non-hydrogen) atoms. The molecule has 2 N–H and O–H groups in total. The van der Waals surface area contributed by atoms with Gasteiger partial charge in [0.25, 0.3) is 0 Å². The van der Waals surface area contributed by atoms with Crippen LogP contribution in [0, 0.1) is 5.92 Å². The summed E-state index contributed by atoms with van der Waals surface area (Å²) in [7, 11) is 3.37. The number of ether oxygens (including phenoxy) is 2. The highest BCUT2D eigenvalue weighted by Gasteiger charge is 2.26. The van der Waals surface area contributed by atoms with Crippen molar-refractivity contribution < 1.29 is 14.3 Å². The number of hydrogen-bond acceptors (Lipinski definition) is 4. The molecule has 1 heterocycles. The van der Waals surface area contributed by atoms with Crippen molar-refractivity contribution in [2.24, 2.45) is 11.7 Å². The SMILES string of the molecule is COC(OC)C1CCN(c2ccc(C(N)=O)cc2)CC1. The second kappa shape index (κ2) is 6.72. The third-order valence-electron chi connectivity index (χ3n) is 3.91. The quantitative estimate of drug-likeness (QED) is 0.831. The van der Waals surface area contributed by atoms with Gasteiger partial charge < -0.3 is 20.1 Å². The molecule has 0 radical (unpaired) electrons. The monoisotopic (exact) mass is 278 g/mol. The molecule has 0 bridgehead atoms. The summed E-state index contributed by atoms with van der Waals surface area (Å²) in [6, 6.07) is 7.45. The van der Waals surface area contributed by atoms with Gasteiger partial charge in [-0.25, -0.2) is 0 Å². The lowest BCUT2D eigenvalue weighted by atomic mass is 9.95. The summed E-state index contributed by atoms with van der Waals surface area (Å²) in [5.74, 6) is 0.0458. The lowest BCUT2D eigenvalue weighted by molar-refractivity contribution is -0.141. The van der Waals surface area contributed by atoms with Crippen molar-refractivity contribution in [3.05, 3.63) is 29.8 Å². The highest BCUT2D eigenvalue weighted by Crippen LogP contribution is 2.26. The van der Waals surface area contributed by atoms with E-state index >= 15 is 0 Å². The van der Waals surface area contributed by atoms with Crippen LogP contribution in [0.3, 0.4) is 0 Å². The van der Waals surface area contributed by atoms with E-state index in [9.17, 15) is 4.79 Å². The first-order valence-electron chi connectivity index (χ1n) is 6.86. The number of nitrogens with two attached hydrogens (primary N) is 1. The molecule has 110 valence electrons. The Kier molecular flexibility index (Phi) is 4.98. The number of benzene rings is 1. The fourth-order valence-electron chi connectivity index (χ4n) is 2.75. The van der Waals surface area contributed by atoms with Crippen LogP contribution < -0.4 is 10.6 Å². The number of amides is 1. The summed E-state index contributed by atoms with van der Waals surface area (Å²) < 4.78 is 10.7. The van der Waals surface area contributed by atoms with E-state index in [0.29, 0.717) is 11.5 Å². The molecule has 1 amide bonds. The lowest BCUT2D eigenvalue weighted by Gasteiger charge is -2.36. The number of carbonyl (C=O) groups is 1. The third-order valence-corrected chi connectivity index (χ3v) is 3.91. The molecule has 0 atom stereocenters. The van der Waals surface area contributed by atoms with Crippen molar-refractivity contribution in [1.29, 1.82) is 0 Å². The highest BCUT2D eigenvalue weighted by molar-refractivity contribution is 5.93. The van der Waals surface area contributed by atoms with Crippen molar-refractivity contribution in [3.63, 3.8) is 0 Å². The maximum absolute atomic E-state index is 11.1. The van der Waals surface area contributed by atoms with Gasteiger partial charge in [-0.05, 0) is 37.1 Å². The fourth-order valence-corrected chi connectivity index (χ4v) is 2.75. The summed E-state index contributed by atoms with van der Waals surface area (Å²) in [6.45, 7) is 1.92. The van der Waals surface area contributed by atoms with Gasteiger partial charge in [0, 0.05) is 44.5 Å². The molecule has 5 nitrogen and oxygen atoms in total. The van der Waals surface area contributed by atoms with E-state index in [0.717, 1.165) is 31.6 Å². The molecule has 1 fully saturated rings. The van der Waals surface area contributed by atoms with Crippen LogP contribution >= 0.6 is 0 Å². The Labute approximate surface area is 119 Å². The van der Waals surface area contributed by atoms with Crippen molar-refractivity contribution >= 4 is 11.6 Å². The molecule has 1 saturated heterocycles. The van der Waals surface area contributed by atoms with E-state index in [-0.39, 0.29) is 6.29 Å². The van der Waals surface area contributed by atoms with Gasteiger partial charge in [-0.2, -0.15) is 0 Å². The Hall–Kier alpha value is -1.59. The molecule has 0 aromatic heterocycles. The van der Waals surface area contributed by atoms with Crippen molar-refractivity contribution in [1.82, 2.24) is 0 Å². The number of methoxy groups -OCH3 is 2. The van der Waals surface area contributed by atoms with Crippen LogP contribution in [-0.4, -0.2) is 39.5 Å². The number of anilines is 1. The minimum Gasteiger partial charge on any atom is -0.372 e. The summed E-state index contributed by atoms with van der Waals surface area (Å²) >= 11 is 0. The normalized spacial score (nSPS) is 16.6. The second-order valence-electron chi connectivity index (χ2n) is 5.08. The summed E-state index contributed by atoms with van der Waals surface area (Å²) in [4.78, 5) is 13.4. The first kappa shape index (κ1) is 14.8. The molecule has 0 spiro atoms. The molecule has 5 heteroatoms. The Morgan fingerprint density at radius 1 is 1.20 bits per heavy atom. The average Bonchev–Trinajstić information content (AvgIpc) is 2.49. The van der Waals surface area contributed by atoms with Crippen molar-refractivity contribution in [2.75, 3.05) is 32.2 Å². The first-order chi connectivity index (χ1) is 9.65. The summed E-state index contributed by atoms with van der Waals surface area (Å²) in [5.41, 5.74) is 6.91. The molecule has 0 unspecified atom stereocenters. The van der Waals surface area contributed by atoms with Crippen LogP contribution in [0.5, 0.6) is 0 Å². The maximum atomic E-state index is 11.1. The third kappa shape index (κ3) is 3.29. The molecular weight excluding hydrogens is 256 g/mol. The molecule has 1 aromatic carbocycles. The van der Waals surface area contributed by atoms with E-state index in [4.69, 9.17) is 15.2 Å². The Morgan fingerprint density at radius 3 is 2.20 bits per heavy atom. The van der Waals surface area contributed by atoms with Crippen molar-refractivity contribution in [3.8, 4) is 0 Å². The minimum atomic E-state index is -0.390. The van der Waals surface area contributed by atoms with E-state index in [2.05, 4.69) is 4.90 Å². The smallest absolute Gasteiger partial charge is 0.248 e. The number of carbonyl (C=O) groups excluding carboxylic acids is 1. The standard InChI is InChI=1S/C15H22N2O3/c1-19-15(20-2)12-7-9-17(10-8-12)13-5-3-11(4-6-13)14(16)18/h3-6,12,15H,7-10H2,1-2H3,(H2,16,18). The van der Waals surface area contributed by atoms with Gasteiger partial charge in [0.2, 0.25) is 5.91 Å². The first-order valence-corrected chi connectivity index (χ1v) is 6.86. The van der Waals surface area contributed by atoms with Crippen LogP contribution in [0.2, 0.25) is 0 Å². The van der Waals surface area contributed by atoms with Crippen molar-refractivity contribution in [2.45, 2.75) is 19.1 Å². The van der Waals surface area contributed by atoms with Crippen LogP contribution in [0.15, 0.2) is 24.3 Å². The van der Waals surface area contributed by atoms with Gasteiger partial charge in [-0.1, -0.05) is 0 Å². The van der Waals surface area contributed by atoms with Crippen LogP contribution in [0.1, 0.15) is 23.2 Å². The number of nitrogens with zero attached hydrogens (tertiary/aromatic N) is 1. The van der Waals surface area contributed by atoms with Gasteiger partial charge >= 0.3 is 0 Å². The number of rotatable bonds is 5. The largest absolute Gasteiger partial charge is 0.372 e. The average molecular weight is 278 g/mol. The lowest BCUT2D eigenvalue weighted by Crippen LogP contribution is -2.39. The molecule has 1 aliphatic heterocycles. The van der Waals surface area contributed by atoms with Gasteiger partial charge in [-0.15, -0.1) is 0 Å². The highest BCUT2D eigenvalue weighted by atomic mass is 16.7. The molecule has 1 aromatic rings. The number of primary amides is 1. The fraction of sp³-hybridized carbons (Fsp3) is 0.533. The van der Waals surface area contributed by atoms with Gasteiger partial charge in [0.05, 0.1) is 0 Å².